The number of halogens is 1. The first-order valence-corrected chi connectivity index (χ1v) is 10.4. The van der Waals surface area contributed by atoms with Gasteiger partial charge in [-0.15, -0.1) is 0 Å². The van der Waals surface area contributed by atoms with Crippen LogP contribution >= 0.6 is 0 Å². The second kappa shape index (κ2) is 9.48. The van der Waals surface area contributed by atoms with E-state index in [9.17, 15) is 9.18 Å². The fourth-order valence-electron chi connectivity index (χ4n) is 3.81. The number of hydrogen-bond donors (Lipinski definition) is 2. The average molecular weight is 404 g/mol. The summed E-state index contributed by atoms with van der Waals surface area (Å²) in [5, 5.41) is 6.39. The summed E-state index contributed by atoms with van der Waals surface area (Å²) in [7, 11) is 0. The van der Waals surface area contributed by atoms with Gasteiger partial charge in [0.1, 0.15) is 18.0 Å². The maximum atomic E-state index is 13.5. The Morgan fingerprint density at radius 2 is 1.73 bits per heavy atom. The molecule has 6 heteroatoms. The zero-order valence-corrected chi connectivity index (χ0v) is 16.8. The largest absolute Gasteiger partial charge is 0.349 e. The summed E-state index contributed by atoms with van der Waals surface area (Å²) in [5.41, 5.74) is 2.67. The Balaban J connectivity index is 1.46. The van der Waals surface area contributed by atoms with Crippen LogP contribution < -0.4 is 10.6 Å². The molecule has 1 aliphatic carbocycles. The molecule has 1 fully saturated rings. The molecule has 1 aliphatic rings. The number of carbonyl (C=O) groups is 1. The molecule has 0 radical (unpaired) electrons. The first-order valence-electron chi connectivity index (χ1n) is 10.4. The van der Waals surface area contributed by atoms with Crippen molar-refractivity contribution >= 4 is 17.4 Å². The van der Waals surface area contributed by atoms with Gasteiger partial charge in [-0.2, -0.15) is 0 Å². The van der Waals surface area contributed by atoms with E-state index in [0.717, 1.165) is 18.5 Å². The van der Waals surface area contributed by atoms with Crippen LogP contribution in [0.3, 0.4) is 0 Å². The van der Waals surface area contributed by atoms with E-state index in [4.69, 9.17) is 0 Å². The molecule has 0 unspecified atom stereocenters. The first-order chi connectivity index (χ1) is 14.7. The van der Waals surface area contributed by atoms with Gasteiger partial charge in [0.25, 0.3) is 5.91 Å². The predicted octanol–water partition coefficient (Wildman–Crippen LogP) is 5.48. The molecule has 4 rings (SSSR count). The Hall–Kier alpha value is -3.28. The van der Waals surface area contributed by atoms with Crippen LogP contribution in [0, 0.1) is 5.82 Å². The number of carbonyl (C=O) groups excluding carboxylic acids is 1. The highest BCUT2D eigenvalue weighted by Gasteiger charge is 2.16. The summed E-state index contributed by atoms with van der Waals surface area (Å²) in [6.07, 6.45) is 8.39. The van der Waals surface area contributed by atoms with Crippen LogP contribution in [0.1, 0.15) is 48.9 Å². The molecule has 0 bridgehead atoms. The number of nitrogens with zero attached hydrogens (tertiary/aromatic N) is 2. The van der Waals surface area contributed by atoms with Gasteiger partial charge < -0.3 is 10.6 Å². The molecule has 30 heavy (non-hydrogen) atoms. The van der Waals surface area contributed by atoms with Crippen LogP contribution in [-0.4, -0.2) is 21.9 Å². The van der Waals surface area contributed by atoms with Gasteiger partial charge in [0.05, 0.1) is 5.69 Å². The average Bonchev–Trinajstić information content (AvgIpc) is 3.03. The van der Waals surface area contributed by atoms with E-state index in [-0.39, 0.29) is 17.8 Å². The van der Waals surface area contributed by atoms with Crippen LogP contribution in [-0.2, 0) is 0 Å². The maximum absolute atomic E-state index is 13.5. The lowest BCUT2D eigenvalue weighted by molar-refractivity contribution is 0.0933. The number of nitrogens with one attached hydrogen (secondary N) is 2. The van der Waals surface area contributed by atoms with Gasteiger partial charge in [0.2, 0.25) is 0 Å². The third kappa shape index (κ3) is 5.20. The molecule has 154 valence electrons. The molecule has 1 heterocycles. The molecular formula is C24H25FN4O. The van der Waals surface area contributed by atoms with E-state index in [0.29, 0.717) is 22.6 Å². The van der Waals surface area contributed by atoms with Crippen molar-refractivity contribution in [2.45, 2.75) is 44.6 Å². The van der Waals surface area contributed by atoms with Crippen molar-refractivity contribution in [1.29, 1.82) is 0 Å². The summed E-state index contributed by atoms with van der Waals surface area (Å²) >= 11 is 0. The first kappa shape index (κ1) is 20.0. The minimum Gasteiger partial charge on any atom is -0.349 e. The summed E-state index contributed by atoms with van der Waals surface area (Å²) < 4.78 is 13.5. The molecule has 5 nitrogen and oxygen atoms in total. The second-order valence-electron chi connectivity index (χ2n) is 7.67. The summed E-state index contributed by atoms with van der Waals surface area (Å²) in [4.78, 5) is 21.2. The van der Waals surface area contributed by atoms with Crippen LogP contribution in [0.15, 0.2) is 60.9 Å². The minimum atomic E-state index is -0.312. The zero-order chi connectivity index (χ0) is 20.8. The third-order valence-electron chi connectivity index (χ3n) is 5.38. The summed E-state index contributed by atoms with van der Waals surface area (Å²) in [6.45, 7) is 0. The Kier molecular flexibility index (Phi) is 6.32. The van der Waals surface area contributed by atoms with Crippen LogP contribution in [0.5, 0.6) is 0 Å². The van der Waals surface area contributed by atoms with Gasteiger partial charge in [0, 0.05) is 28.9 Å². The summed E-state index contributed by atoms with van der Waals surface area (Å²) in [6, 6.07) is 15.7. The van der Waals surface area contributed by atoms with Crippen molar-refractivity contribution in [3.8, 4) is 11.3 Å². The fraction of sp³-hybridized carbons (Fsp3) is 0.292. The molecule has 3 aromatic rings. The van der Waals surface area contributed by atoms with Crippen LogP contribution in [0.25, 0.3) is 11.3 Å². The normalized spacial score (nSPS) is 14.7. The Labute approximate surface area is 175 Å². The molecule has 0 atom stereocenters. The van der Waals surface area contributed by atoms with E-state index in [2.05, 4.69) is 20.6 Å². The summed E-state index contributed by atoms with van der Waals surface area (Å²) in [5.74, 6) is 0.215. The highest BCUT2D eigenvalue weighted by Crippen LogP contribution is 2.23. The highest BCUT2D eigenvalue weighted by atomic mass is 19.1. The number of anilines is 2. The van der Waals surface area contributed by atoms with Gasteiger partial charge in [0.15, 0.2) is 0 Å². The van der Waals surface area contributed by atoms with Crippen molar-refractivity contribution in [3.05, 3.63) is 72.3 Å². The Morgan fingerprint density at radius 1 is 0.933 bits per heavy atom. The molecule has 1 saturated carbocycles. The van der Waals surface area contributed by atoms with Gasteiger partial charge in [-0.3, -0.25) is 4.79 Å². The molecule has 0 spiro atoms. The molecule has 0 aliphatic heterocycles. The van der Waals surface area contributed by atoms with Crippen molar-refractivity contribution in [2.24, 2.45) is 0 Å². The van der Waals surface area contributed by atoms with E-state index in [1.54, 1.807) is 18.2 Å². The minimum absolute atomic E-state index is 0.0475. The Bertz CT molecular complexity index is 1020. The lowest BCUT2D eigenvalue weighted by Gasteiger charge is -2.16. The number of rotatable bonds is 5. The van der Waals surface area contributed by atoms with Crippen LogP contribution in [0.4, 0.5) is 15.9 Å². The second-order valence-corrected chi connectivity index (χ2v) is 7.67. The Morgan fingerprint density at radius 3 is 2.53 bits per heavy atom. The molecule has 1 amide bonds. The van der Waals surface area contributed by atoms with E-state index >= 15 is 0 Å². The van der Waals surface area contributed by atoms with Gasteiger partial charge >= 0.3 is 0 Å². The van der Waals surface area contributed by atoms with E-state index in [1.165, 1.54) is 44.1 Å². The maximum Gasteiger partial charge on any atom is 0.251 e. The fourth-order valence-corrected chi connectivity index (χ4v) is 3.81. The van der Waals surface area contributed by atoms with Crippen molar-refractivity contribution in [2.75, 3.05) is 5.32 Å². The topological polar surface area (TPSA) is 66.9 Å². The molecule has 2 N–H and O–H groups in total. The number of hydrogen-bond acceptors (Lipinski definition) is 4. The van der Waals surface area contributed by atoms with E-state index < -0.39 is 0 Å². The van der Waals surface area contributed by atoms with Gasteiger partial charge in [-0.1, -0.05) is 43.9 Å². The van der Waals surface area contributed by atoms with Gasteiger partial charge in [-0.25, -0.2) is 14.4 Å². The lowest BCUT2D eigenvalue weighted by atomic mass is 10.1. The van der Waals surface area contributed by atoms with Gasteiger partial charge in [-0.05, 0) is 43.2 Å². The number of benzene rings is 2. The number of aromatic nitrogens is 2. The van der Waals surface area contributed by atoms with Crippen molar-refractivity contribution in [1.82, 2.24) is 15.3 Å². The van der Waals surface area contributed by atoms with Crippen molar-refractivity contribution in [3.63, 3.8) is 0 Å². The van der Waals surface area contributed by atoms with E-state index in [1.807, 2.05) is 24.3 Å². The monoisotopic (exact) mass is 404 g/mol. The SMILES string of the molecule is O=C(NC1CCCCCC1)c1cccc(Nc2cc(-c3cccc(F)c3)ncn2)c1. The molecule has 1 aromatic heterocycles. The zero-order valence-electron chi connectivity index (χ0n) is 16.8. The standard InChI is InChI=1S/C24H25FN4O/c25-19-9-5-7-17(13-19)22-15-23(27-16-26-22)28-21-12-6-8-18(14-21)24(30)29-20-10-3-1-2-4-11-20/h5-9,12-16,20H,1-4,10-11H2,(H,29,30)(H,26,27,28). The highest BCUT2D eigenvalue weighted by molar-refractivity contribution is 5.95. The van der Waals surface area contributed by atoms with Crippen molar-refractivity contribution < 1.29 is 9.18 Å². The lowest BCUT2D eigenvalue weighted by Crippen LogP contribution is -2.34. The quantitative estimate of drug-likeness (QED) is 0.553. The molecule has 0 saturated heterocycles. The molecular weight excluding hydrogens is 379 g/mol. The molecule has 2 aromatic carbocycles. The van der Waals surface area contributed by atoms with Crippen LogP contribution in [0.2, 0.25) is 0 Å². The third-order valence-corrected chi connectivity index (χ3v) is 5.38. The smallest absolute Gasteiger partial charge is 0.251 e. The predicted molar refractivity (Wildman–Crippen MR) is 116 cm³/mol. The number of amides is 1.